The van der Waals surface area contributed by atoms with Gasteiger partial charge in [0.15, 0.2) is 0 Å². The summed E-state index contributed by atoms with van der Waals surface area (Å²) >= 11 is 6.08. The number of nitrogens with zero attached hydrogens (tertiary/aromatic N) is 1. The molecule has 2 aromatic carbocycles. The minimum atomic E-state index is -0.216. The Morgan fingerprint density at radius 2 is 2.08 bits per heavy atom. The van der Waals surface area contributed by atoms with Crippen molar-refractivity contribution in [3.8, 4) is 5.75 Å². The summed E-state index contributed by atoms with van der Waals surface area (Å²) in [6.07, 6.45) is 1.95. The van der Waals surface area contributed by atoms with Gasteiger partial charge in [-0.15, -0.1) is 0 Å². The Morgan fingerprint density at radius 3 is 2.81 bits per heavy atom. The van der Waals surface area contributed by atoms with Gasteiger partial charge in [0.25, 0.3) is 5.91 Å². The highest BCUT2D eigenvalue weighted by Crippen LogP contribution is 2.28. The molecule has 1 aliphatic rings. The molecule has 0 bridgehead atoms. The molecule has 3 rings (SSSR count). The molecule has 0 aliphatic carbocycles. The standard InChI is InChI=1S/C20H21ClN2O3/c1-26-18-6-3-2-5-14(18)10-11-22-20(25)16-9-8-15(21)13-17(16)23-12-4-7-19(23)24/h2-3,5-6,8-9,13H,4,7,10-12H2,1H3,(H,22,25). The highest BCUT2D eigenvalue weighted by atomic mass is 35.5. The smallest absolute Gasteiger partial charge is 0.253 e. The van der Waals surface area contributed by atoms with Crippen LogP contribution < -0.4 is 15.0 Å². The molecule has 26 heavy (non-hydrogen) atoms. The van der Waals surface area contributed by atoms with Crippen LogP contribution in [0.4, 0.5) is 5.69 Å². The Labute approximate surface area is 157 Å². The van der Waals surface area contributed by atoms with Gasteiger partial charge in [0, 0.05) is 24.5 Å². The lowest BCUT2D eigenvalue weighted by Gasteiger charge is -2.20. The maximum atomic E-state index is 12.7. The average molecular weight is 373 g/mol. The fourth-order valence-electron chi connectivity index (χ4n) is 3.14. The number of halogens is 1. The summed E-state index contributed by atoms with van der Waals surface area (Å²) in [5, 5.41) is 3.43. The average Bonchev–Trinajstić information content (AvgIpc) is 3.07. The second kappa shape index (κ2) is 8.23. The van der Waals surface area contributed by atoms with Crippen LogP contribution in [0.25, 0.3) is 0 Å². The van der Waals surface area contributed by atoms with Crippen LogP contribution in [0.15, 0.2) is 42.5 Å². The third-order valence-electron chi connectivity index (χ3n) is 4.44. The number of hydrogen-bond donors (Lipinski definition) is 1. The molecule has 0 radical (unpaired) electrons. The van der Waals surface area contributed by atoms with Gasteiger partial charge in [-0.2, -0.15) is 0 Å². The second-order valence-electron chi connectivity index (χ2n) is 6.13. The van der Waals surface area contributed by atoms with Gasteiger partial charge in [0.2, 0.25) is 5.91 Å². The molecule has 1 N–H and O–H groups in total. The normalized spacial score (nSPS) is 13.8. The zero-order valence-corrected chi connectivity index (χ0v) is 15.4. The van der Waals surface area contributed by atoms with E-state index in [2.05, 4.69) is 5.32 Å². The van der Waals surface area contributed by atoms with Crippen LogP contribution in [-0.4, -0.2) is 32.0 Å². The van der Waals surface area contributed by atoms with Gasteiger partial charge < -0.3 is 15.0 Å². The van der Waals surface area contributed by atoms with Crippen molar-refractivity contribution < 1.29 is 14.3 Å². The quantitative estimate of drug-likeness (QED) is 0.844. The number of benzene rings is 2. The molecule has 1 saturated heterocycles. The molecule has 2 amide bonds. The maximum Gasteiger partial charge on any atom is 0.253 e. The number of rotatable bonds is 6. The van der Waals surface area contributed by atoms with Crippen LogP contribution in [0.5, 0.6) is 5.75 Å². The first-order valence-electron chi connectivity index (χ1n) is 8.60. The minimum absolute atomic E-state index is 0.0235. The van der Waals surface area contributed by atoms with Crippen molar-refractivity contribution in [2.45, 2.75) is 19.3 Å². The molecule has 136 valence electrons. The van der Waals surface area contributed by atoms with E-state index in [0.29, 0.717) is 42.2 Å². The molecule has 2 aromatic rings. The summed E-state index contributed by atoms with van der Waals surface area (Å²) in [6.45, 7) is 1.08. The highest BCUT2D eigenvalue weighted by Gasteiger charge is 2.26. The van der Waals surface area contributed by atoms with Crippen molar-refractivity contribution in [3.63, 3.8) is 0 Å². The molecular formula is C20H21ClN2O3. The summed E-state index contributed by atoms with van der Waals surface area (Å²) in [6, 6.07) is 12.7. The Balaban J connectivity index is 1.71. The molecule has 0 atom stereocenters. The zero-order chi connectivity index (χ0) is 18.5. The number of anilines is 1. The molecule has 5 nitrogen and oxygen atoms in total. The van der Waals surface area contributed by atoms with E-state index in [9.17, 15) is 9.59 Å². The fraction of sp³-hybridized carbons (Fsp3) is 0.300. The van der Waals surface area contributed by atoms with E-state index >= 15 is 0 Å². The van der Waals surface area contributed by atoms with E-state index in [1.54, 1.807) is 30.2 Å². The SMILES string of the molecule is COc1ccccc1CCNC(=O)c1ccc(Cl)cc1N1CCCC1=O. The van der Waals surface area contributed by atoms with Crippen LogP contribution in [0.3, 0.4) is 0 Å². The third-order valence-corrected chi connectivity index (χ3v) is 4.68. The largest absolute Gasteiger partial charge is 0.496 e. The van der Waals surface area contributed by atoms with E-state index in [1.807, 2.05) is 24.3 Å². The predicted octanol–water partition coefficient (Wildman–Crippen LogP) is 3.45. The summed E-state index contributed by atoms with van der Waals surface area (Å²) < 4.78 is 5.33. The lowest BCUT2D eigenvalue weighted by molar-refractivity contribution is -0.117. The number of hydrogen-bond acceptors (Lipinski definition) is 3. The first-order valence-corrected chi connectivity index (χ1v) is 8.98. The molecule has 0 saturated carbocycles. The van der Waals surface area contributed by atoms with Crippen molar-refractivity contribution >= 4 is 29.1 Å². The van der Waals surface area contributed by atoms with Crippen molar-refractivity contribution in [2.75, 3.05) is 25.1 Å². The number of carbonyl (C=O) groups is 2. The number of nitrogens with one attached hydrogen (secondary N) is 1. The third kappa shape index (κ3) is 3.99. The highest BCUT2D eigenvalue weighted by molar-refractivity contribution is 6.31. The molecular weight excluding hydrogens is 352 g/mol. The van der Waals surface area contributed by atoms with Gasteiger partial charge in [-0.25, -0.2) is 0 Å². The fourth-order valence-corrected chi connectivity index (χ4v) is 3.30. The Hall–Kier alpha value is -2.53. The van der Waals surface area contributed by atoms with Gasteiger partial charge in [-0.1, -0.05) is 29.8 Å². The molecule has 0 aromatic heterocycles. The first-order chi connectivity index (χ1) is 12.6. The van der Waals surface area contributed by atoms with Gasteiger partial charge in [-0.3, -0.25) is 9.59 Å². The molecule has 6 heteroatoms. The van der Waals surface area contributed by atoms with Crippen LogP contribution in [0, 0.1) is 0 Å². The Morgan fingerprint density at radius 1 is 1.27 bits per heavy atom. The van der Waals surface area contributed by atoms with Crippen LogP contribution >= 0.6 is 11.6 Å². The molecule has 1 aliphatic heterocycles. The van der Waals surface area contributed by atoms with Gasteiger partial charge in [0.1, 0.15) is 5.75 Å². The minimum Gasteiger partial charge on any atom is -0.496 e. The van der Waals surface area contributed by atoms with Gasteiger partial charge in [-0.05, 0) is 42.7 Å². The summed E-state index contributed by atoms with van der Waals surface area (Å²) in [5.41, 5.74) is 2.07. The van der Waals surface area contributed by atoms with Crippen LogP contribution in [0.1, 0.15) is 28.8 Å². The number of ether oxygens (including phenoxy) is 1. The number of para-hydroxylation sites is 1. The van der Waals surface area contributed by atoms with Crippen molar-refractivity contribution in [1.82, 2.24) is 5.32 Å². The van der Waals surface area contributed by atoms with Gasteiger partial charge in [0.05, 0.1) is 18.4 Å². The van der Waals surface area contributed by atoms with E-state index in [-0.39, 0.29) is 11.8 Å². The number of carbonyl (C=O) groups excluding carboxylic acids is 2. The molecule has 1 fully saturated rings. The monoisotopic (exact) mass is 372 g/mol. The van der Waals surface area contributed by atoms with Crippen molar-refractivity contribution in [2.24, 2.45) is 0 Å². The lowest BCUT2D eigenvalue weighted by Crippen LogP contribution is -2.30. The number of methoxy groups -OCH3 is 1. The van der Waals surface area contributed by atoms with Gasteiger partial charge >= 0.3 is 0 Å². The topological polar surface area (TPSA) is 58.6 Å². The van der Waals surface area contributed by atoms with E-state index < -0.39 is 0 Å². The molecule has 1 heterocycles. The van der Waals surface area contributed by atoms with E-state index in [0.717, 1.165) is 17.7 Å². The van der Waals surface area contributed by atoms with Crippen LogP contribution in [0.2, 0.25) is 5.02 Å². The van der Waals surface area contributed by atoms with Crippen LogP contribution in [-0.2, 0) is 11.2 Å². The predicted molar refractivity (Wildman–Crippen MR) is 102 cm³/mol. The molecule has 0 unspecified atom stereocenters. The summed E-state index contributed by atoms with van der Waals surface area (Å²) in [4.78, 5) is 26.4. The summed E-state index contributed by atoms with van der Waals surface area (Å²) in [7, 11) is 1.63. The second-order valence-corrected chi connectivity index (χ2v) is 6.56. The maximum absolute atomic E-state index is 12.7. The summed E-state index contributed by atoms with van der Waals surface area (Å²) in [5.74, 6) is 0.609. The first kappa shape index (κ1) is 18.3. The van der Waals surface area contributed by atoms with E-state index in [1.165, 1.54) is 0 Å². The zero-order valence-electron chi connectivity index (χ0n) is 14.6. The lowest BCUT2D eigenvalue weighted by atomic mass is 10.1. The van der Waals surface area contributed by atoms with Crippen molar-refractivity contribution in [1.29, 1.82) is 0 Å². The van der Waals surface area contributed by atoms with Crippen molar-refractivity contribution in [3.05, 3.63) is 58.6 Å². The van der Waals surface area contributed by atoms with E-state index in [4.69, 9.17) is 16.3 Å². The Kier molecular flexibility index (Phi) is 5.78. The molecule has 0 spiro atoms. The Bertz CT molecular complexity index is 822. The number of amides is 2.